The highest BCUT2D eigenvalue weighted by Crippen LogP contribution is 2.34. The third-order valence-corrected chi connectivity index (χ3v) is 9.75. The lowest BCUT2D eigenvalue weighted by atomic mass is 10.0. The van der Waals surface area contributed by atoms with Crippen LogP contribution in [-0.2, 0) is 38.8 Å². The van der Waals surface area contributed by atoms with Gasteiger partial charge >= 0.3 is 6.18 Å². The molecule has 46 heavy (non-hydrogen) atoms. The van der Waals surface area contributed by atoms with E-state index in [0.29, 0.717) is 21.5 Å². The molecule has 0 aromatic heterocycles. The summed E-state index contributed by atoms with van der Waals surface area (Å²) in [6.45, 7) is 0.499. The van der Waals surface area contributed by atoms with E-state index in [0.717, 1.165) is 22.6 Å². The summed E-state index contributed by atoms with van der Waals surface area (Å²) in [4.78, 5) is 28.6. The molecule has 0 aliphatic heterocycles. The fourth-order valence-corrected chi connectivity index (χ4v) is 6.70. The molecule has 0 radical (unpaired) electrons. The van der Waals surface area contributed by atoms with E-state index in [1.807, 2.05) is 0 Å². The number of nitrogens with zero attached hydrogens (tertiary/aromatic N) is 2. The van der Waals surface area contributed by atoms with Crippen LogP contribution >= 0.6 is 23.2 Å². The van der Waals surface area contributed by atoms with Crippen molar-refractivity contribution in [2.24, 2.45) is 0 Å². The molecule has 0 aliphatic rings. The molecule has 0 aliphatic carbocycles. The topological polar surface area (TPSA) is 86.8 Å². The Bertz CT molecular complexity index is 1790. The van der Waals surface area contributed by atoms with Gasteiger partial charge in [0, 0.05) is 35.6 Å². The summed E-state index contributed by atoms with van der Waals surface area (Å²) in [7, 11) is -3.20. The first kappa shape index (κ1) is 34.8. The Morgan fingerprint density at radius 2 is 1.48 bits per heavy atom. The van der Waals surface area contributed by atoms with Gasteiger partial charge in [0.2, 0.25) is 11.8 Å². The van der Waals surface area contributed by atoms with E-state index in [4.69, 9.17) is 23.2 Å². The lowest BCUT2D eigenvalue weighted by molar-refractivity contribution is -0.139. The summed E-state index contributed by atoms with van der Waals surface area (Å²) in [5.74, 6) is -1.44. The number of anilines is 1. The molecule has 13 heteroatoms. The lowest BCUT2D eigenvalue weighted by Gasteiger charge is -2.34. The van der Waals surface area contributed by atoms with E-state index >= 15 is 0 Å². The predicted octanol–water partition coefficient (Wildman–Crippen LogP) is 6.90. The Labute approximate surface area is 275 Å². The molecule has 4 aromatic carbocycles. The van der Waals surface area contributed by atoms with Gasteiger partial charge in [-0.25, -0.2) is 8.42 Å². The minimum atomic E-state index is -4.79. The zero-order valence-electron chi connectivity index (χ0n) is 24.8. The number of carbonyl (C=O) groups excluding carboxylic acids is 2. The van der Waals surface area contributed by atoms with Crippen LogP contribution in [0.1, 0.15) is 22.3 Å². The first-order valence-electron chi connectivity index (χ1n) is 14.0. The standard InChI is InChI=1S/C33H30Cl2F3N3O4S/c1-22-14-16-26(17-15-22)46(44,45)41(25-11-6-10-24(19-25)33(36,37)38)21-31(42)40(20-27-28(34)12-7-13-29(27)35)30(32(43)39-2)18-23-8-4-3-5-9-23/h3-17,19,30H,18,20-21H2,1-2H3,(H,39,43). The van der Waals surface area contributed by atoms with Crippen LogP contribution in [0.4, 0.5) is 18.9 Å². The Kier molecular flexibility index (Phi) is 11.0. The zero-order chi connectivity index (χ0) is 33.6. The second-order valence-electron chi connectivity index (χ2n) is 10.4. The van der Waals surface area contributed by atoms with E-state index in [1.165, 1.54) is 37.4 Å². The molecule has 2 amide bonds. The van der Waals surface area contributed by atoms with Gasteiger partial charge in [0.05, 0.1) is 16.1 Å². The van der Waals surface area contributed by atoms with Crippen molar-refractivity contribution in [3.63, 3.8) is 0 Å². The monoisotopic (exact) mass is 691 g/mol. The van der Waals surface area contributed by atoms with E-state index < -0.39 is 46.2 Å². The SMILES string of the molecule is CNC(=O)C(Cc1ccccc1)N(Cc1c(Cl)cccc1Cl)C(=O)CN(c1cccc(C(F)(F)F)c1)S(=O)(=O)c1ccc(C)cc1. The number of rotatable bonds is 11. The average Bonchev–Trinajstić information content (AvgIpc) is 3.02. The lowest BCUT2D eigenvalue weighted by Crippen LogP contribution is -2.53. The molecule has 4 aromatic rings. The smallest absolute Gasteiger partial charge is 0.357 e. The molecule has 242 valence electrons. The van der Waals surface area contributed by atoms with Gasteiger partial charge in [-0.1, -0.05) is 83.4 Å². The second kappa shape index (κ2) is 14.6. The van der Waals surface area contributed by atoms with Crippen molar-refractivity contribution >= 4 is 50.7 Å². The molecule has 1 unspecified atom stereocenters. The highest BCUT2D eigenvalue weighted by atomic mass is 35.5. The van der Waals surface area contributed by atoms with Crippen LogP contribution < -0.4 is 9.62 Å². The largest absolute Gasteiger partial charge is 0.416 e. The van der Waals surface area contributed by atoms with Crippen molar-refractivity contribution < 1.29 is 31.2 Å². The van der Waals surface area contributed by atoms with Crippen molar-refractivity contribution in [3.8, 4) is 0 Å². The van der Waals surface area contributed by atoms with Gasteiger partial charge in [-0.15, -0.1) is 0 Å². The Morgan fingerprint density at radius 3 is 2.07 bits per heavy atom. The predicted molar refractivity (Wildman–Crippen MR) is 172 cm³/mol. The van der Waals surface area contributed by atoms with Crippen LogP contribution in [0.3, 0.4) is 0 Å². The van der Waals surface area contributed by atoms with Gasteiger partial charge in [-0.2, -0.15) is 13.2 Å². The third-order valence-electron chi connectivity index (χ3n) is 7.26. The molecule has 0 saturated heterocycles. The Balaban J connectivity index is 1.86. The van der Waals surface area contributed by atoms with Crippen molar-refractivity contribution in [3.05, 3.63) is 129 Å². The Morgan fingerprint density at radius 1 is 0.870 bits per heavy atom. The van der Waals surface area contributed by atoms with Crippen LogP contribution in [0.5, 0.6) is 0 Å². The first-order valence-corrected chi connectivity index (χ1v) is 16.2. The summed E-state index contributed by atoms with van der Waals surface area (Å²) >= 11 is 12.9. The van der Waals surface area contributed by atoms with Gasteiger partial charge in [0.25, 0.3) is 10.0 Å². The number of aryl methyl sites for hydroxylation is 1. The maximum atomic E-state index is 14.4. The number of hydrogen-bond acceptors (Lipinski definition) is 4. The molecule has 0 heterocycles. The van der Waals surface area contributed by atoms with Crippen molar-refractivity contribution in [1.29, 1.82) is 0 Å². The maximum Gasteiger partial charge on any atom is 0.416 e. The van der Waals surface area contributed by atoms with Crippen LogP contribution in [0.25, 0.3) is 0 Å². The van der Waals surface area contributed by atoms with E-state index in [9.17, 15) is 31.2 Å². The van der Waals surface area contributed by atoms with Gasteiger partial charge < -0.3 is 10.2 Å². The summed E-state index contributed by atoms with van der Waals surface area (Å²) < 4.78 is 69.9. The fourth-order valence-electron chi connectivity index (χ4n) is 4.78. The first-order chi connectivity index (χ1) is 21.7. The minimum Gasteiger partial charge on any atom is -0.357 e. The van der Waals surface area contributed by atoms with Crippen LogP contribution in [-0.4, -0.2) is 44.8 Å². The van der Waals surface area contributed by atoms with E-state index in [1.54, 1.807) is 55.5 Å². The number of carbonyl (C=O) groups is 2. The van der Waals surface area contributed by atoms with E-state index in [2.05, 4.69) is 5.32 Å². The minimum absolute atomic E-state index is 0.0304. The molecule has 0 saturated carbocycles. The maximum absolute atomic E-state index is 14.4. The van der Waals surface area contributed by atoms with Gasteiger partial charge in [-0.3, -0.25) is 13.9 Å². The highest BCUT2D eigenvalue weighted by Gasteiger charge is 2.36. The van der Waals surface area contributed by atoms with Crippen LogP contribution in [0.2, 0.25) is 10.0 Å². The molecule has 0 fully saturated rings. The number of alkyl halides is 3. The average molecular weight is 693 g/mol. The molecule has 1 N–H and O–H groups in total. The normalized spacial score (nSPS) is 12.3. The van der Waals surface area contributed by atoms with Crippen molar-refractivity contribution in [2.75, 3.05) is 17.9 Å². The fraction of sp³-hybridized carbons (Fsp3) is 0.212. The van der Waals surface area contributed by atoms with Crippen molar-refractivity contribution in [1.82, 2.24) is 10.2 Å². The van der Waals surface area contributed by atoms with Crippen LogP contribution in [0, 0.1) is 6.92 Å². The van der Waals surface area contributed by atoms with Crippen LogP contribution in [0.15, 0.2) is 102 Å². The molecule has 0 bridgehead atoms. The van der Waals surface area contributed by atoms with Gasteiger partial charge in [0.15, 0.2) is 0 Å². The molecular formula is C33H30Cl2F3N3O4S. The van der Waals surface area contributed by atoms with Crippen molar-refractivity contribution in [2.45, 2.75) is 37.0 Å². The third kappa shape index (κ3) is 8.20. The zero-order valence-corrected chi connectivity index (χ0v) is 27.1. The molecule has 1 atom stereocenters. The number of nitrogens with one attached hydrogen (secondary N) is 1. The van der Waals surface area contributed by atoms with E-state index in [-0.39, 0.29) is 33.6 Å². The molecule has 7 nitrogen and oxygen atoms in total. The van der Waals surface area contributed by atoms with Gasteiger partial charge in [0.1, 0.15) is 12.6 Å². The summed E-state index contributed by atoms with van der Waals surface area (Å²) in [5, 5.41) is 2.94. The molecular weight excluding hydrogens is 662 g/mol. The number of amides is 2. The molecule has 0 spiro atoms. The number of hydrogen-bond donors (Lipinski definition) is 1. The quantitative estimate of drug-likeness (QED) is 0.185. The molecule has 4 rings (SSSR count). The Hall–Kier alpha value is -4.06. The number of sulfonamides is 1. The number of likely N-dealkylation sites (N-methyl/N-ethyl adjacent to an activating group) is 1. The number of benzene rings is 4. The summed E-state index contributed by atoms with van der Waals surface area (Å²) in [6.07, 6.45) is -4.76. The summed E-state index contributed by atoms with van der Waals surface area (Å²) in [6, 6.07) is 21.7. The number of halogens is 5. The second-order valence-corrected chi connectivity index (χ2v) is 13.1. The van der Waals surface area contributed by atoms with Gasteiger partial charge in [-0.05, 0) is 55.0 Å². The highest BCUT2D eigenvalue weighted by molar-refractivity contribution is 7.92. The summed E-state index contributed by atoms with van der Waals surface area (Å²) in [5.41, 5.74) is 0.250.